The summed E-state index contributed by atoms with van der Waals surface area (Å²) in [4.78, 5) is 1.33. The summed E-state index contributed by atoms with van der Waals surface area (Å²) in [6.45, 7) is 5.11. The van der Waals surface area contributed by atoms with Crippen LogP contribution in [0.3, 0.4) is 0 Å². The van der Waals surface area contributed by atoms with Crippen LogP contribution >= 0.6 is 11.3 Å². The molecule has 0 radical (unpaired) electrons. The lowest BCUT2D eigenvalue weighted by molar-refractivity contribution is 0.567. The molecule has 0 bridgehead atoms. The molecule has 2 N–H and O–H groups in total. The van der Waals surface area contributed by atoms with E-state index in [1.165, 1.54) is 4.88 Å². The van der Waals surface area contributed by atoms with Crippen LogP contribution in [0.1, 0.15) is 36.2 Å². The van der Waals surface area contributed by atoms with E-state index in [9.17, 15) is 0 Å². The molecule has 2 aromatic heterocycles. The molecule has 0 fully saturated rings. The monoisotopic (exact) mass is 249 g/mol. The number of rotatable bonds is 5. The lowest BCUT2D eigenvalue weighted by Crippen LogP contribution is -2.17. The van der Waals surface area contributed by atoms with E-state index in [1.54, 1.807) is 11.3 Å². The zero-order chi connectivity index (χ0) is 12.3. The fourth-order valence-electron chi connectivity index (χ4n) is 1.96. The average Bonchev–Trinajstić information content (AvgIpc) is 2.96. The first-order valence-electron chi connectivity index (χ1n) is 6.09. The third-order valence-corrected chi connectivity index (χ3v) is 3.80. The first-order valence-corrected chi connectivity index (χ1v) is 6.97. The van der Waals surface area contributed by atoms with Crippen LogP contribution in [-0.2, 0) is 19.4 Å². The Hall–Kier alpha value is -1.13. The summed E-state index contributed by atoms with van der Waals surface area (Å²) in [7, 11) is 0. The molecule has 4 heteroatoms. The van der Waals surface area contributed by atoms with Crippen molar-refractivity contribution < 1.29 is 0 Å². The van der Waals surface area contributed by atoms with Crippen LogP contribution in [-0.4, -0.2) is 9.78 Å². The second-order valence-corrected chi connectivity index (χ2v) is 5.15. The molecule has 1 atom stereocenters. The molecule has 0 amide bonds. The van der Waals surface area contributed by atoms with Gasteiger partial charge in [-0.2, -0.15) is 5.10 Å². The van der Waals surface area contributed by atoms with E-state index in [4.69, 9.17) is 5.73 Å². The van der Waals surface area contributed by atoms with E-state index in [0.29, 0.717) is 0 Å². The number of nitrogens with zero attached hydrogens (tertiary/aromatic N) is 2. The van der Waals surface area contributed by atoms with Crippen LogP contribution in [0, 0.1) is 0 Å². The predicted molar refractivity (Wildman–Crippen MR) is 72.2 cm³/mol. The third kappa shape index (κ3) is 2.76. The largest absolute Gasteiger partial charge is 0.322 e. The van der Waals surface area contributed by atoms with Crippen molar-refractivity contribution in [3.05, 3.63) is 39.8 Å². The average molecular weight is 249 g/mol. The normalized spacial score (nSPS) is 12.9. The molecule has 0 saturated carbocycles. The minimum atomic E-state index is 0.0430. The van der Waals surface area contributed by atoms with Gasteiger partial charge in [0, 0.05) is 17.8 Å². The lowest BCUT2D eigenvalue weighted by atomic mass is 10.1. The maximum atomic E-state index is 6.28. The SMILES string of the molecule is CCc1cc(C(N)Cc2cccs2)n(CC)n1. The maximum Gasteiger partial charge on any atom is 0.0625 e. The number of hydrogen-bond acceptors (Lipinski definition) is 3. The summed E-state index contributed by atoms with van der Waals surface area (Å²) in [6, 6.07) is 6.39. The number of thiophene rings is 1. The van der Waals surface area contributed by atoms with Gasteiger partial charge in [0.05, 0.1) is 17.4 Å². The van der Waals surface area contributed by atoms with Crippen LogP contribution in [0.25, 0.3) is 0 Å². The highest BCUT2D eigenvalue weighted by Gasteiger charge is 2.14. The molecule has 2 heterocycles. The van der Waals surface area contributed by atoms with E-state index < -0.39 is 0 Å². The zero-order valence-electron chi connectivity index (χ0n) is 10.4. The van der Waals surface area contributed by atoms with Crippen LogP contribution in [0.4, 0.5) is 0 Å². The quantitative estimate of drug-likeness (QED) is 0.885. The van der Waals surface area contributed by atoms with Crippen molar-refractivity contribution in [2.75, 3.05) is 0 Å². The molecule has 0 aliphatic rings. The van der Waals surface area contributed by atoms with E-state index in [2.05, 4.69) is 42.5 Å². The molecule has 2 aromatic rings. The van der Waals surface area contributed by atoms with E-state index in [-0.39, 0.29) is 6.04 Å². The Balaban J connectivity index is 2.17. The molecule has 92 valence electrons. The van der Waals surface area contributed by atoms with E-state index >= 15 is 0 Å². The van der Waals surface area contributed by atoms with Gasteiger partial charge in [-0.3, -0.25) is 4.68 Å². The Morgan fingerprint density at radius 1 is 1.47 bits per heavy atom. The summed E-state index contributed by atoms with van der Waals surface area (Å²) < 4.78 is 2.02. The molecule has 0 aromatic carbocycles. The van der Waals surface area contributed by atoms with Crippen LogP contribution in [0.2, 0.25) is 0 Å². The molecule has 0 aliphatic heterocycles. The van der Waals surface area contributed by atoms with Crippen molar-refractivity contribution in [1.82, 2.24) is 9.78 Å². The van der Waals surface area contributed by atoms with Gasteiger partial charge in [0.15, 0.2) is 0 Å². The molecule has 1 unspecified atom stereocenters. The molecule has 0 spiro atoms. The highest BCUT2D eigenvalue weighted by atomic mass is 32.1. The fraction of sp³-hybridized carbons (Fsp3) is 0.462. The smallest absolute Gasteiger partial charge is 0.0625 e. The van der Waals surface area contributed by atoms with Gasteiger partial charge >= 0.3 is 0 Å². The van der Waals surface area contributed by atoms with Crippen LogP contribution in [0.15, 0.2) is 23.6 Å². The zero-order valence-corrected chi connectivity index (χ0v) is 11.2. The number of aryl methyl sites for hydroxylation is 2. The van der Waals surface area contributed by atoms with E-state index in [1.807, 2.05) is 4.68 Å². The summed E-state index contributed by atoms with van der Waals surface area (Å²) in [5, 5.41) is 6.63. The fourth-order valence-corrected chi connectivity index (χ4v) is 2.73. The van der Waals surface area contributed by atoms with Crippen molar-refractivity contribution >= 4 is 11.3 Å². The van der Waals surface area contributed by atoms with Gasteiger partial charge in [-0.1, -0.05) is 13.0 Å². The first-order chi connectivity index (χ1) is 8.24. The third-order valence-electron chi connectivity index (χ3n) is 2.90. The summed E-state index contributed by atoms with van der Waals surface area (Å²) >= 11 is 1.76. The Labute approximate surface area is 106 Å². The molecular weight excluding hydrogens is 230 g/mol. The van der Waals surface area contributed by atoms with Gasteiger partial charge in [-0.05, 0) is 30.9 Å². The van der Waals surface area contributed by atoms with Gasteiger partial charge in [-0.25, -0.2) is 0 Å². The topological polar surface area (TPSA) is 43.8 Å². The number of nitrogens with two attached hydrogens (primary N) is 1. The molecule has 2 rings (SSSR count). The highest BCUT2D eigenvalue weighted by molar-refractivity contribution is 7.09. The van der Waals surface area contributed by atoms with Crippen molar-refractivity contribution in [3.63, 3.8) is 0 Å². The van der Waals surface area contributed by atoms with Gasteiger partial charge < -0.3 is 5.73 Å². The Bertz CT molecular complexity index is 459. The second-order valence-electron chi connectivity index (χ2n) is 4.12. The Morgan fingerprint density at radius 2 is 2.29 bits per heavy atom. The number of aromatic nitrogens is 2. The summed E-state index contributed by atoms with van der Waals surface area (Å²) in [5.74, 6) is 0. The summed E-state index contributed by atoms with van der Waals surface area (Å²) in [5.41, 5.74) is 8.56. The van der Waals surface area contributed by atoms with Crippen molar-refractivity contribution in [1.29, 1.82) is 0 Å². The molecule has 0 saturated heterocycles. The van der Waals surface area contributed by atoms with Crippen LogP contribution in [0.5, 0.6) is 0 Å². The van der Waals surface area contributed by atoms with Gasteiger partial charge in [-0.15, -0.1) is 11.3 Å². The minimum Gasteiger partial charge on any atom is -0.322 e. The Kier molecular flexibility index (Phi) is 3.97. The van der Waals surface area contributed by atoms with Gasteiger partial charge in [0.25, 0.3) is 0 Å². The maximum absolute atomic E-state index is 6.28. The van der Waals surface area contributed by atoms with Gasteiger partial charge in [0.2, 0.25) is 0 Å². The summed E-state index contributed by atoms with van der Waals surface area (Å²) in [6.07, 6.45) is 1.86. The molecule has 3 nitrogen and oxygen atoms in total. The second kappa shape index (κ2) is 5.47. The molecule has 0 aliphatic carbocycles. The minimum absolute atomic E-state index is 0.0430. The molecule has 17 heavy (non-hydrogen) atoms. The Morgan fingerprint density at radius 3 is 2.88 bits per heavy atom. The first kappa shape index (κ1) is 12.3. The standard InChI is InChI=1S/C13H19N3S/c1-3-10-8-13(16(4-2)15-10)12(14)9-11-6-5-7-17-11/h5-8,12H,3-4,9,14H2,1-2H3. The molecular formula is C13H19N3S. The van der Waals surface area contributed by atoms with Crippen molar-refractivity contribution in [3.8, 4) is 0 Å². The lowest BCUT2D eigenvalue weighted by Gasteiger charge is -2.12. The van der Waals surface area contributed by atoms with Crippen molar-refractivity contribution in [2.45, 2.75) is 39.3 Å². The van der Waals surface area contributed by atoms with Crippen LogP contribution < -0.4 is 5.73 Å². The van der Waals surface area contributed by atoms with E-state index in [0.717, 1.165) is 30.8 Å². The highest BCUT2D eigenvalue weighted by Crippen LogP contribution is 2.20. The van der Waals surface area contributed by atoms with Gasteiger partial charge in [0.1, 0.15) is 0 Å². The predicted octanol–water partition coefficient (Wildman–Crippen LogP) is 2.77. The van der Waals surface area contributed by atoms with Crippen molar-refractivity contribution in [2.24, 2.45) is 5.73 Å². The number of hydrogen-bond donors (Lipinski definition) is 1.